The number of furan rings is 1. The first-order valence-electron chi connectivity index (χ1n) is 9.12. The van der Waals surface area contributed by atoms with Gasteiger partial charge in [0, 0.05) is 21.8 Å². The number of nitrogens with one attached hydrogen (secondary N) is 2. The van der Waals surface area contributed by atoms with E-state index in [4.69, 9.17) is 16.0 Å². The molecule has 1 unspecified atom stereocenters. The van der Waals surface area contributed by atoms with Gasteiger partial charge in [0.05, 0.1) is 9.93 Å². The molecule has 1 aliphatic heterocycles. The van der Waals surface area contributed by atoms with E-state index >= 15 is 0 Å². The van der Waals surface area contributed by atoms with Crippen LogP contribution in [0.25, 0.3) is 17.4 Å². The molecule has 7 heteroatoms. The minimum Gasteiger partial charge on any atom is -0.457 e. The summed E-state index contributed by atoms with van der Waals surface area (Å²) in [6.07, 6.45) is 2.76. The molecule has 1 aromatic heterocycles. The van der Waals surface area contributed by atoms with Crippen molar-refractivity contribution < 1.29 is 9.21 Å². The van der Waals surface area contributed by atoms with Gasteiger partial charge in [-0.15, -0.1) is 0 Å². The third-order valence-electron chi connectivity index (χ3n) is 4.49. The maximum absolute atomic E-state index is 12.3. The molecule has 1 fully saturated rings. The molecular formula is C22H18BrClN2O2S. The Kier molecular flexibility index (Phi) is 6.04. The van der Waals surface area contributed by atoms with Crippen LogP contribution in [0.2, 0.25) is 5.02 Å². The van der Waals surface area contributed by atoms with Crippen LogP contribution >= 0.6 is 39.3 Å². The molecule has 4 rings (SSSR count). The SMILES string of the molecule is CCc1ccc(NC2NC(=O)C(=Cc3ccc(-c4ccc(Br)c(Cl)c4)o3)S2)cc1. The Labute approximate surface area is 186 Å². The van der Waals surface area contributed by atoms with Crippen LogP contribution in [-0.2, 0) is 11.2 Å². The minimum absolute atomic E-state index is 0.123. The van der Waals surface area contributed by atoms with Gasteiger partial charge in [-0.25, -0.2) is 0 Å². The van der Waals surface area contributed by atoms with Crippen LogP contribution < -0.4 is 10.6 Å². The normalized spacial score (nSPS) is 17.6. The van der Waals surface area contributed by atoms with Crippen molar-refractivity contribution in [1.29, 1.82) is 0 Å². The van der Waals surface area contributed by atoms with Crippen molar-refractivity contribution in [2.45, 2.75) is 18.8 Å². The number of hydrogen-bond donors (Lipinski definition) is 2. The summed E-state index contributed by atoms with van der Waals surface area (Å²) in [5.74, 6) is 1.19. The number of aryl methyl sites for hydroxylation is 1. The summed E-state index contributed by atoms with van der Waals surface area (Å²) in [5.41, 5.74) is 2.90. The van der Waals surface area contributed by atoms with Crippen LogP contribution in [0.5, 0.6) is 0 Å². The van der Waals surface area contributed by atoms with E-state index in [1.54, 1.807) is 6.08 Å². The lowest BCUT2D eigenvalue weighted by Gasteiger charge is -2.12. The van der Waals surface area contributed by atoms with Crippen LogP contribution in [0.3, 0.4) is 0 Å². The Morgan fingerprint density at radius 2 is 2.00 bits per heavy atom. The first kappa shape index (κ1) is 20.1. The van der Waals surface area contributed by atoms with Gasteiger partial charge in [-0.2, -0.15) is 0 Å². The van der Waals surface area contributed by atoms with Gasteiger partial charge in [-0.1, -0.05) is 48.5 Å². The summed E-state index contributed by atoms with van der Waals surface area (Å²) >= 11 is 11.0. The molecule has 4 nitrogen and oxygen atoms in total. The highest BCUT2D eigenvalue weighted by molar-refractivity contribution is 9.10. The van der Waals surface area contributed by atoms with Gasteiger partial charge in [0.25, 0.3) is 5.91 Å². The molecule has 1 aliphatic rings. The highest BCUT2D eigenvalue weighted by Crippen LogP contribution is 2.33. The highest BCUT2D eigenvalue weighted by atomic mass is 79.9. The topological polar surface area (TPSA) is 54.3 Å². The highest BCUT2D eigenvalue weighted by Gasteiger charge is 2.27. The summed E-state index contributed by atoms with van der Waals surface area (Å²) in [6.45, 7) is 2.12. The summed E-state index contributed by atoms with van der Waals surface area (Å²) < 4.78 is 6.72. The van der Waals surface area contributed by atoms with Gasteiger partial charge < -0.3 is 15.1 Å². The molecule has 2 heterocycles. The fourth-order valence-corrected chi connectivity index (χ4v) is 4.31. The van der Waals surface area contributed by atoms with E-state index in [0.717, 1.165) is 22.1 Å². The second kappa shape index (κ2) is 8.69. The minimum atomic E-state index is -0.221. The molecular weight excluding hydrogens is 472 g/mol. The zero-order valence-electron chi connectivity index (χ0n) is 15.5. The van der Waals surface area contributed by atoms with Crippen LogP contribution in [0.15, 0.2) is 68.4 Å². The van der Waals surface area contributed by atoms with E-state index < -0.39 is 0 Å². The summed E-state index contributed by atoms with van der Waals surface area (Å²) in [6, 6.07) is 17.6. The van der Waals surface area contributed by atoms with Crippen molar-refractivity contribution in [3.8, 4) is 11.3 Å². The van der Waals surface area contributed by atoms with Crippen LogP contribution in [-0.4, -0.2) is 11.4 Å². The van der Waals surface area contributed by atoms with Gasteiger partial charge in [-0.3, -0.25) is 4.79 Å². The monoisotopic (exact) mass is 488 g/mol. The fraction of sp³-hybridized carbons (Fsp3) is 0.136. The van der Waals surface area contributed by atoms with E-state index in [1.807, 2.05) is 42.5 Å². The summed E-state index contributed by atoms with van der Waals surface area (Å²) in [5, 5.41) is 6.87. The molecule has 0 bridgehead atoms. The molecule has 2 N–H and O–H groups in total. The number of carbonyl (C=O) groups excluding carboxylic acids is 1. The Hall–Kier alpha value is -2.15. The molecule has 0 saturated carbocycles. The molecule has 148 valence electrons. The fourth-order valence-electron chi connectivity index (χ4n) is 2.92. The summed E-state index contributed by atoms with van der Waals surface area (Å²) in [4.78, 5) is 12.9. The van der Waals surface area contributed by atoms with E-state index in [1.165, 1.54) is 17.3 Å². The predicted molar refractivity (Wildman–Crippen MR) is 124 cm³/mol. The molecule has 3 aromatic rings. The largest absolute Gasteiger partial charge is 0.457 e. The van der Waals surface area contributed by atoms with Crippen molar-refractivity contribution in [3.63, 3.8) is 0 Å². The third-order valence-corrected chi connectivity index (χ3v) is 6.76. The maximum atomic E-state index is 12.3. The Morgan fingerprint density at radius 1 is 1.21 bits per heavy atom. The zero-order chi connectivity index (χ0) is 20.4. The molecule has 0 spiro atoms. The first-order chi connectivity index (χ1) is 14.0. The van der Waals surface area contributed by atoms with Crippen LogP contribution in [0.4, 0.5) is 5.69 Å². The van der Waals surface area contributed by atoms with Gasteiger partial charge >= 0.3 is 0 Å². The average Bonchev–Trinajstić information content (AvgIpc) is 3.32. The molecule has 1 saturated heterocycles. The molecule has 29 heavy (non-hydrogen) atoms. The van der Waals surface area contributed by atoms with Gasteiger partial charge in [0.1, 0.15) is 11.5 Å². The quantitative estimate of drug-likeness (QED) is 0.400. The number of benzene rings is 2. The zero-order valence-corrected chi connectivity index (χ0v) is 18.7. The number of anilines is 1. The van der Waals surface area contributed by atoms with Crippen LogP contribution in [0, 0.1) is 0 Å². The lowest BCUT2D eigenvalue weighted by molar-refractivity contribution is -0.116. The number of rotatable bonds is 5. The Bertz CT molecular complexity index is 1080. The van der Waals surface area contributed by atoms with Crippen molar-refractivity contribution in [1.82, 2.24) is 5.32 Å². The predicted octanol–water partition coefficient (Wildman–Crippen LogP) is 6.52. The van der Waals surface area contributed by atoms with Crippen LogP contribution in [0.1, 0.15) is 18.2 Å². The van der Waals surface area contributed by atoms with Gasteiger partial charge in [0.15, 0.2) is 5.50 Å². The van der Waals surface area contributed by atoms with Crippen molar-refractivity contribution in [2.24, 2.45) is 0 Å². The van der Waals surface area contributed by atoms with Crippen molar-refractivity contribution >= 4 is 57.0 Å². The molecule has 1 atom stereocenters. The average molecular weight is 490 g/mol. The number of halogens is 2. The van der Waals surface area contributed by atoms with Gasteiger partial charge in [0.2, 0.25) is 0 Å². The standard InChI is InChI=1S/C22H18BrClN2O2S/c1-2-13-3-6-15(7-4-13)25-22-26-21(27)20(29-22)12-16-8-10-19(28-16)14-5-9-17(23)18(24)11-14/h3-12,22,25H,2H2,1H3,(H,26,27). The smallest absolute Gasteiger partial charge is 0.260 e. The summed E-state index contributed by atoms with van der Waals surface area (Å²) in [7, 11) is 0. The lowest BCUT2D eigenvalue weighted by atomic mass is 10.1. The van der Waals surface area contributed by atoms with E-state index in [0.29, 0.717) is 21.4 Å². The van der Waals surface area contributed by atoms with E-state index in [2.05, 4.69) is 45.6 Å². The molecule has 1 amide bonds. The molecule has 2 aromatic carbocycles. The molecule has 0 aliphatic carbocycles. The number of amides is 1. The van der Waals surface area contributed by atoms with E-state index in [9.17, 15) is 4.79 Å². The Balaban J connectivity index is 1.46. The van der Waals surface area contributed by atoms with E-state index in [-0.39, 0.29) is 11.4 Å². The first-order valence-corrected chi connectivity index (χ1v) is 11.2. The van der Waals surface area contributed by atoms with Crippen molar-refractivity contribution in [3.05, 3.63) is 80.3 Å². The van der Waals surface area contributed by atoms with Crippen molar-refractivity contribution in [2.75, 3.05) is 5.32 Å². The second-order valence-electron chi connectivity index (χ2n) is 6.51. The second-order valence-corrected chi connectivity index (χ2v) is 8.91. The number of hydrogen-bond acceptors (Lipinski definition) is 4. The third kappa shape index (κ3) is 4.71. The number of carbonyl (C=O) groups is 1. The lowest BCUT2D eigenvalue weighted by Crippen LogP contribution is -2.30. The molecule has 0 radical (unpaired) electrons. The maximum Gasteiger partial charge on any atom is 0.260 e. The Morgan fingerprint density at radius 3 is 2.72 bits per heavy atom. The number of thioether (sulfide) groups is 1. The van der Waals surface area contributed by atoms with Gasteiger partial charge in [-0.05, 0) is 64.3 Å².